The van der Waals surface area contributed by atoms with Crippen LogP contribution in [0.25, 0.3) is 0 Å². The molecule has 7 heteroatoms. The van der Waals surface area contributed by atoms with Gasteiger partial charge in [-0.3, -0.25) is 0 Å². The number of halogens is 1. The first-order chi connectivity index (χ1) is 7.80. The zero-order valence-corrected chi connectivity index (χ0v) is 11.2. The van der Waals surface area contributed by atoms with Crippen LogP contribution in [0.4, 0.5) is 5.69 Å². The molecule has 0 saturated carbocycles. The van der Waals surface area contributed by atoms with Crippen molar-refractivity contribution < 1.29 is 13.5 Å². The largest absolute Gasteiger partial charge is 0.397 e. The smallest absolute Gasteiger partial charge is 0.242 e. The number of hydrogen-bond acceptors (Lipinski definition) is 4. The number of benzene rings is 1. The van der Waals surface area contributed by atoms with E-state index in [-0.39, 0.29) is 23.7 Å². The second kappa shape index (κ2) is 5.22. The van der Waals surface area contributed by atoms with Gasteiger partial charge < -0.3 is 10.8 Å². The fourth-order valence-corrected chi connectivity index (χ4v) is 2.75. The summed E-state index contributed by atoms with van der Waals surface area (Å²) in [5, 5.41) is 9.10. The summed E-state index contributed by atoms with van der Waals surface area (Å²) in [4.78, 5) is 0.0767. The number of sulfonamides is 1. The molecular formula is C10H15ClN2O3S. The Kier molecular flexibility index (Phi) is 4.37. The summed E-state index contributed by atoms with van der Waals surface area (Å²) < 4.78 is 25.2. The number of anilines is 1. The molecule has 0 saturated heterocycles. The molecule has 0 unspecified atom stereocenters. The lowest BCUT2D eigenvalue weighted by molar-refractivity contribution is 0.266. The van der Waals surface area contributed by atoms with Crippen LogP contribution in [0.2, 0.25) is 5.02 Å². The third kappa shape index (κ3) is 2.90. The van der Waals surface area contributed by atoms with Crippen LogP contribution in [-0.2, 0) is 10.0 Å². The molecule has 0 amide bonds. The molecule has 0 spiro atoms. The van der Waals surface area contributed by atoms with Crippen molar-refractivity contribution in [1.82, 2.24) is 4.31 Å². The summed E-state index contributed by atoms with van der Waals surface area (Å²) >= 11 is 5.87. The van der Waals surface area contributed by atoms with Crippen molar-refractivity contribution >= 4 is 27.3 Å². The summed E-state index contributed by atoms with van der Waals surface area (Å²) in [6.07, 6.45) is 0. The van der Waals surface area contributed by atoms with E-state index in [1.807, 2.05) is 0 Å². The Morgan fingerprint density at radius 3 is 2.53 bits per heavy atom. The standard InChI is InChI=1S/C10H15ClN2O3S/c1-7-5-8(6-9(12)10(7)11)17(15,16)13(2)3-4-14/h5-6,14H,3-4,12H2,1-2H3. The molecule has 0 aliphatic rings. The zero-order chi connectivity index (χ0) is 13.2. The fraction of sp³-hybridized carbons (Fsp3) is 0.400. The quantitative estimate of drug-likeness (QED) is 0.800. The van der Waals surface area contributed by atoms with E-state index in [0.717, 1.165) is 4.31 Å². The molecule has 17 heavy (non-hydrogen) atoms. The number of nitrogen functional groups attached to an aromatic ring is 1. The maximum Gasteiger partial charge on any atom is 0.242 e. The minimum atomic E-state index is -3.63. The Morgan fingerprint density at radius 1 is 1.47 bits per heavy atom. The van der Waals surface area contributed by atoms with Gasteiger partial charge in [0.15, 0.2) is 0 Å². The van der Waals surface area contributed by atoms with Gasteiger partial charge in [-0.1, -0.05) is 11.6 Å². The van der Waals surface area contributed by atoms with Crippen LogP contribution < -0.4 is 5.73 Å². The van der Waals surface area contributed by atoms with E-state index >= 15 is 0 Å². The summed E-state index contributed by atoms with van der Waals surface area (Å²) in [5.41, 5.74) is 6.45. The van der Waals surface area contributed by atoms with Gasteiger partial charge >= 0.3 is 0 Å². The minimum absolute atomic E-state index is 0.0317. The van der Waals surface area contributed by atoms with Crippen molar-refractivity contribution in [2.45, 2.75) is 11.8 Å². The second-order valence-electron chi connectivity index (χ2n) is 3.69. The van der Waals surface area contributed by atoms with Gasteiger partial charge in [0, 0.05) is 13.6 Å². The average molecular weight is 279 g/mol. The number of hydrogen-bond donors (Lipinski definition) is 2. The third-order valence-electron chi connectivity index (χ3n) is 2.38. The molecule has 96 valence electrons. The molecule has 1 rings (SSSR count). The molecule has 0 aliphatic heterocycles. The molecular weight excluding hydrogens is 264 g/mol. The second-order valence-corrected chi connectivity index (χ2v) is 6.12. The fourth-order valence-electron chi connectivity index (χ4n) is 1.35. The van der Waals surface area contributed by atoms with E-state index in [0.29, 0.717) is 10.6 Å². The van der Waals surface area contributed by atoms with Crippen molar-refractivity contribution in [2.24, 2.45) is 0 Å². The minimum Gasteiger partial charge on any atom is -0.397 e. The van der Waals surface area contributed by atoms with Crippen LogP contribution >= 0.6 is 11.6 Å². The molecule has 0 aliphatic carbocycles. The van der Waals surface area contributed by atoms with Crippen molar-refractivity contribution in [2.75, 3.05) is 25.9 Å². The first-order valence-electron chi connectivity index (χ1n) is 4.93. The Morgan fingerprint density at radius 2 is 2.06 bits per heavy atom. The number of nitrogens with two attached hydrogens (primary N) is 1. The van der Waals surface area contributed by atoms with Crippen LogP contribution in [0.1, 0.15) is 5.56 Å². The Balaban J connectivity index is 3.25. The summed E-state index contributed by atoms with van der Waals surface area (Å²) in [5.74, 6) is 0. The predicted octanol–water partition coefficient (Wildman–Crippen LogP) is 0.843. The van der Waals surface area contributed by atoms with Crippen molar-refractivity contribution in [3.63, 3.8) is 0 Å². The van der Waals surface area contributed by atoms with E-state index in [1.165, 1.54) is 19.2 Å². The normalized spacial score (nSPS) is 12.1. The Hall–Kier alpha value is -0.820. The molecule has 0 bridgehead atoms. The highest BCUT2D eigenvalue weighted by atomic mass is 35.5. The molecule has 0 heterocycles. The maximum absolute atomic E-state index is 12.1. The van der Waals surface area contributed by atoms with Crippen molar-refractivity contribution in [3.8, 4) is 0 Å². The van der Waals surface area contributed by atoms with E-state index in [4.69, 9.17) is 22.4 Å². The number of likely N-dealkylation sites (N-methyl/N-ethyl adjacent to an activating group) is 1. The zero-order valence-electron chi connectivity index (χ0n) is 9.64. The summed E-state index contributed by atoms with van der Waals surface area (Å²) in [6, 6.07) is 2.78. The van der Waals surface area contributed by atoms with Crippen LogP contribution in [0.15, 0.2) is 17.0 Å². The predicted molar refractivity (Wildman–Crippen MR) is 67.5 cm³/mol. The molecule has 0 atom stereocenters. The number of aryl methyl sites for hydroxylation is 1. The number of aliphatic hydroxyl groups excluding tert-OH is 1. The summed E-state index contributed by atoms with van der Waals surface area (Å²) in [6.45, 7) is 1.48. The Labute approximate surface area is 106 Å². The molecule has 5 nitrogen and oxygen atoms in total. The topological polar surface area (TPSA) is 83.6 Å². The van der Waals surface area contributed by atoms with Crippen LogP contribution in [0, 0.1) is 6.92 Å². The molecule has 0 aromatic heterocycles. The van der Waals surface area contributed by atoms with Gasteiger partial charge in [0.2, 0.25) is 10.0 Å². The average Bonchev–Trinajstić information content (AvgIpc) is 2.25. The molecule has 1 aromatic carbocycles. The van der Waals surface area contributed by atoms with Gasteiger partial charge in [-0.25, -0.2) is 8.42 Å². The Bertz CT molecular complexity index is 493. The van der Waals surface area contributed by atoms with Crippen molar-refractivity contribution in [3.05, 3.63) is 22.7 Å². The first-order valence-corrected chi connectivity index (χ1v) is 6.75. The van der Waals surface area contributed by atoms with E-state index in [9.17, 15) is 8.42 Å². The summed E-state index contributed by atoms with van der Waals surface area (Å²) in [7, 11) is -2.23. The van der Waals surface area contributed by atoms with E-state index in [1.54, 1.807) is 6.92 Å². The van der Waals surface area contributed by atoms with Gasteiger partial charge in [0.1, 0.15) is 0 Å². The SMILES string of the molecule is Cc1cc(S(=O)(=O)N(C)CCO)cc(N)c1Cl. The van der Waals surface area contributed by atoms with Gasteiger partial charge in [0.25, 0.3) is 0 Å². The third-order valence-corrected chi connectivity index (χ3v) is 4.73. The lowest BCUT2D eigenvalue weighted by Gasteiger charge is -2.17. The highest BCUT2D eigenvalue weighted by Crippen LogP contribution is 2.27. The highest BCUT2D eigenvalue weighted by Gasteiger charge is 2.21. The number of aliphatic hydroxyl groups is 1. The lowest BCUT2D eigenvalue weighted by Crippen LogP contribution is -2.29. The van der Waals surface area contributed by atoms with Gasteiger partial charge in [-0.15, -0.1) is 0 Å². The number of rotatable bonds is 4. The van der Waals surface area contributed by atoms with Gasteiger partial charge in [-0.2, -0.15) is 4.31 Å². The number of nitrogens with zero attached hydrogens (tertiary/aromatic N) is 1. The van der Waals surface area contributed by atoms with Gasteiger partial charge in [0.05, 0.1) is 22.2 Å². The van der Waals surface area contributed by atoms with Crippen LogP contribution in [0.5, 0.6) is 0 Å². The maximum atomic E-state index is 12.1. The molecule has 0 fully saturated rings. The lowest BCUT2D eigenvalue weighted by atomic mass is 10.2. The highest BCUT2D eigenvalue weighted by molar-refractivity contribution is 7.89. The van der Waals surface area contributed by atoms with E-state index < -0.39 is 10.0 Å². The van der Waals surface area contributed by atoms with Crippen LogP contribution in [0.3, 0.4) is 0 Å². The molecule has 3 N–H and O–H groups in total. The molecule has 1 aromatic rings. The monoisotopic (exact) mass is 278 g/mol. The van der Waals surface area contributed by atoms with Gasteiger partial charge in [-0.05, 0) is 24.6 Å². The van der Waals surface area contributed by atoms with Crippen molar-refractivity contribution in [1.29, 1.82) is 0 Å². The van der Waals surface area contributed by atoms with Crippen LogP contribution in [-0.4, -0.2) is 38.0 Å². The molecule has 0 radical (unpaired) electrons. The van der Waals surface area contributed by atoms with E-state index in [2.05, 4.69) is 0 Å². The first kappa shape index (κ1) is 14.2.